The molecule has 0 aromatic rings. The van der Waals surface area contributed by atoms with Crippen LogP contribution in [-0.4, -0.2) is 29.5 Å². The summed E-state index contributed by atoms with van der Waals surface area (Å²) in [5, 5.41) is 2.92. The number of carbonyl (C=O) groups is 1. The molecule has 0 aromatic carbocycles. The van der Waals surface area contributed by atoms with Gasteiger partial charge in [-0.15, -0.1) is 0 Å². The molecule has 92 valence electrons. The highest BCUT2D eigenvalue weighted by Gasteiger charge is 2.32. The molecule has 1 N–H and O–H groups in total. The molecule has 0 spiro atoms. The number of nitrogens with zero attached hydrogens (tertiary/aromatic N) is 1. The highest BCUT2D eigenvalue weighted by molar-refractivity contribution is 6.00. The van der Waals surface area contributed by atoms with Crippen molar-refractivity contribution in [3.05, 3.63) is 0 Å². The number of carbonyl (C=O) groups excluding carboxylic acids is 1. The SMILES string of the molecule is CC(C(=O)NC(C)(C)C)C1=NC(C)(C)CO1. The fourth-order valence-corrected chi connectivity index (χ4v) is 1.43. The minimum absolute atomic E-state index is 0.0380. The van der Waals surface area contributed by atoms with Gasteiger partial charge in [0.15, 0.2) is 5.90 Å². The van der Waals surface area contributed by atoms with Gasteiger partial charge in [-0.25, -0.2) is 4.99 Å². The van der Waals surface area contributed by atoms with Crippen molar-refractivity contribution in [2.24, 2.45) is 10.9 Å². The minimum Gasteiger partial charge on any atom is -0.478 e. The van der Waals surface area contributed by atoms with Crippen LogP contribution in [0.3, 0.4) is 0 Å². The van der Waals surface area contributed by atoms with E-state index in [1.807, 2.05) is 41.5 Å². The van der Waals surface area contributed by atoms with E-state index >= 15 is 0 Å². The monoisotopic (exact) mass is 226 g/mol. The number of ether oxygens (including phenoxy) is 1. The van der Waals surface area contributed by atoms with Gasteiger partial charge in [0, 0.05) is 5.54 Å². The van der Waals surface area contributed by atoms with Gasteiger partial charge < -0.3 is 10.1 Å². The van der Waals surface area contributed by atoms with Crippen LogP contribution in [-0.2, 0) is 9.53 Å². The van der Waals surface area contributed by atoms with E-state index in [1.54, 1.807) is 0 Å². The Balaban J connectivity index is 2.66. The normalized spacial score (nSPS) is 21.0. The second-order valence-corrected chi connectivity index (χ2v) is 6.01. The highest BCUT2D eigenvalue weighted by Crippen LogP contribution is 2.20. The number of rotatable bonds is 2. The summed E-state index contributed by atoms with van der Waals surface area (Å²) in [5.74, 6) is 0.191. The second kappa shape index (κ2) is 4.07. The van der Waals surface area contributed by atoms with Crippen molar-refractivity contribution >= 4 is 11.8 Å². The molecule has 0 aliphatic carbocycles. The third kappa shape index (κ3) is 3.51. The summed E-state index contributed by atoms with van der Waals surface area (Å²) >= 11 is 0. The van der Waals surface area contributed by atoms with Gasteiger partial charge in [0.2, 0.25) is 5.91 Å². The molecule has 4 heteroatoms. The lowest BCUT2D eigenvalue weighted by atomic mass is 10.1. The van der Waals surface area contributed by atoms with E-state index < -0.39 is 0 Å². The number of aliphatic imine (C=N–C) groups is 1. The van der Waals surface area contributed by atoms with E-state index in [0.29, 0.717) is 12.5 Å². The standard InChI is InChI=1S/C12H22N2O2/c1-8(9(15)13-11(2,3)4)10-14-12(5,6)7-16-10/h8H,7H2,1-6H3,(H,13,15). The molecule has 1 aliphatic rings. The Morgan fingerprint density at radius 1 is 1.50 bits per heavy atom. The van der Waals surface area contributed by atoms with E-state index in [2.05, 4.69) is 10.3 Å². The maximum atomic E-state index is 11.9. The van der Waals surface area contributed by atoms with Gasteiger partial charge in [-0.05, 0) is 41.5 Å². The molecule has 1 heterocycles. The van der Waals surface area contributed by atoms with Crippen molar-refractivity contribution in [2.45, 2.75) is 52.6 Å². The Morgan fingerprint density at radius 3 is 2.44 bits per heavy atom. The van der Waals surface area contributed by atoms with Crippen LogP contribution in [0, 0.1) is 5.92 Å². The molecule has 0 saturated carbocycles. The van der Waals surface area contributed by atoms with Gasteiger partial charge in [-0.3, -0.25) is 4.79 Å². The van der Waals surface area contributed by atoms with E-state index in [1.165, 1.54) is 0 Å². The molecule has 4 nitrogen and oxygen atoms in total. The van der Waals surface area contributed by atoms with Gasteiger partial charge in [0.05, 0.1) is 5.54 Å². The smallest absolute Gasteiger partial charge is 0.232 e. The number of hydrogen-bond acceptors (Lipinski definition) is 3. The fourth-order valence-electron chi connectivity index (χ4n) is 1.43. The first-order valence-electron chi connectivity index (χ1n) is 5.65. The van der Waals surface area contributed by atoms with Crippen molar-refractivity contribution in [2.75, 3.05) is 6.61 Å². The van der Waals surface area contributed by atoms with Crippen LogP contribution in [0.4, 0.5) is 0 Å². The van der Waals surface area contributed by atoms with Crippen molar-refractivity contribution in [3.8, 4) is 0 Å². The van der Waals surface area contributed by atoms with Crippen molar-refractivity contribution in [1.29, 1.82) is 0 Å². The third-order valence-electron chi connectivity index (χ3n) is 2.25. The lowest BCUT2D eigenvalue weighted by Crippen LogP contribution is -2.45. The average Bonchev–Trinajstić information content (AvgIpc) is 2.41. The van der Waals surface area contributed by atoms with E-state index in [4.69, 9.17) is 4.74 Å². The van der Waals surface area contributed by atoms with Crippen molar-refractivity contribution in [1.82, 2.24) is 5.32 Å². The zero-order chi connectivity index (χ0) is 12.6. The third-order valence-corrected chi connectivity index (χ3v) is 2.25. The van der Waals surface area contributed by atoms with Crippen LogP contribution >= 0.6 is 0 Å². The quantitative estimate of drug-likeness (QED) is 0.779. The van der Waals surface area contributed by atoms with Gasteiger partial charge in [0.25, 0.3) is 0 Å². The predicted molar refractivity (Wildman–Crippen MR) is 64.5 cm³/mol. The molecule has 0 fully saturated rings. The lowest BCUT2D eigenvalue weighted by Gasteiger charge is -2.22. The highest BCUT2D eigenvalue weighted by atomic mass is 16.5. The largest absolute Gasteiger partial charge is 0.478 e. The minimum atomic E-state index is -0.319. The van der Waals surface area contributed by atoms with Gasteiger partial charge in [-0.2, -0.15) is 0 Å². The summed E-state index contributed by atoms with van der Waals surface area (Å²) in [6.07, 6.45) is 0. The number of amides is 1. The summed E-state index contributed by atoms with van der Waals surface area (Å²) in [7, 11) is 0. The maximum Gasteiger partial charge on any atom is 0.232 e. The van der Waals surface area contributed by atoms with Crippen LogP contribution in [0.25, 0.3) is 0 Å². The van der Waals surface area contributed by atoms with Crippen LogP contribution in [0.1, 0.15) is 41.5 Å². The first-order valence-corrected chi connectivity index (χ1v) is 5.65. The molecule has 0 aromatic heterocycles. The Bertz CT molecular complexity index is 313. The average molecular weight is 226 g/mol. The first kappa shape index (κ1) is 13.0. The van der Waals surface area contributed by atoms with Gasteiger partial charge in [-0.1, -0.05) is 0 Å². The summed E-state index contributed by atoms with van der Waals surface area (Å²) in [6.45, 7) is 12.2. The molecule has 0 bridgehead atoms. The molecule has 1 atom stereocenters. The van der Waals surface area contributed by atoms with Gasteiger partial charge >= 0.3 is 0 Å². The van der Waals surface area contributed by atoms with Crippen LogP contribution in [0.15, 0.2) is 4.99 Å². The summed E-state index contributed by atoms with van der Waals surface area (Å²) in [4.78, 5) is 16.3. The molecule has 0 radical (unpaired) electrons. The number of hydrogen-bond donors (Lipinski definition) is 1. The molecule has 1 aliphatic heterocycles. The predicted octanol–water partition coefficient (Wildman–Crippen LogP) is 1.74. The molecule has 1 unspecified atom stereocenters. The molecular weight excluding hydrogens is 204 g/mol. The van der Waals surface area contributed by atoms with E-state index in [0.717, 1.165) is 0 Å². The Kier molecular flexibility index (Phi) is 3.31. The zero-order valence-electron chi connectivity index (χ0n) is 11.0. The van der Waals surface area contributed by atoms with E-state index in [9.17, 15) is 4.79 Å². The van der Waals surface area contributed by atoms with Gasteiger partial charge in [0.1, 0.15) is 12.5 Å². The Hall–Kier alpha value is -1.06. The summed E-state index contributed by atoms with van der Waals surface area (Å²) < 4.78 is 5.45. The molecular formula is C12H22N2O2. The zero-order valence-corrected chi connectivity index (χ0v) is 11.0. The Labute approximate surface area is 97.5 Å². The summed E-state index contributed by atoms with van der Waals surface area (Å²) in [5.41, 5.74) is -0.425. The van der Waals surface area contributed by atoms with Crippen LogP contribution in [0.5, 0.6) is 0 Å². The van der Waals surface area contributed by atoms with Crippen molar-refractivity contribution < 1.29 is 9.53 Å². The van der Waals surface area contributed by atoms with Crippen LogP contribution < -0.4 is 5.32 Å². The van der Waals surface area contributed by atoms with Crippen molar-refractivity contribution in [3.63, 3.8) is 0 Å². The second-order valence-electron chi connectivity index (χ2n) is 6.01. The first-order chi connectivity index (χ1) is 7.11. The maximum absolute atomic E-state index is 11.9. The molecule has 1 amide bonds. The van der Waals surface area contributed by atoms with E-state index in [-0.39, 0.29) is 22.9 Å². The topological polar surface area (TPSA) is 50.7 Å². The fraction of sp³-hybridized carbons (Fsp3) is 0.833. The Morgan fingerprint density at radius 2 is 2.06 bits per heavy atom. The lowest BCUT2D eigenvalue weighted by molar-refractivity contribution is -0.124. The molecule has 16 heavy (non-hydrogen) atoms. The van der Waals surface area contributed by atoms with Crippen LogP contribution in [0.2, 0.25) is 0 Å². The molecule has 0 saturated heterocycles. The summed E-state index contributed by atoms with van der Waals surface area (Å²) in [6, 6.07) is 0. The molecule has 1 rings (SSSR count). The number of nitrogens with one attached hydrogen (secondary N) is 1.